The first-order valence-electron chi connectivity index (χ1n) is 8.44. The molecule has 0 radical (unpaired) electrons. The lowest BCUT2D eigenvalue weighted by atomic mass is 10.0. The van der Waals surface area contributed by atoms with Gasteiger partial charge in [0.15, 0.2) is 6.10 Å². The van der Waals surface area contributed by atoms with Gasteiger partial charge in [0.05, 0.1) is 18.2 Å². The Labute approximate surface area is 154 Å². The molecule has 0 aliphatic heterocycles. The van der Waals surface area contributed by atoms with Gasteiger partial charge < -0.3 is 14.8 Å². The Balaban J connectivity index is 2.06. The molecule has 1 amide bonds. The first kappa shape index (κ1) is 19.1. The van der Waals surface area contributed by atoms with Crippen molar-refractivity contribution < 1.29 is 14.3 Å². The average molecular weight is 362 g/mol. The quantitative estimate of drug-likeness (QED) is 0.736. The van der Waals surface area contributed by atoms with Crippen molar-refractivity contribution in [3.05, 3.63) is 59.1 Å². The largest absolute Gasteiger partial charge is 0.497 e. The molecule has 0 bridgehead atoms. The zero-order valence-corrected chi connectivity index (χ0v) is 15.5. The van der Waals surface area contributed by atoms with Crippen molar-refractivity contribution in [1.82, 2.24) is 5.32 Å². The number of ether oxygens (including phenoxy) is 2. The Morgan fingerprint density at radius 3 is 2.32 bits per heavy atom. The first-order chi connectivity index (χ1) is 12.1. The zero-order valence-electron chi connectivity index (χ0n) is 14.8. The Hall–Kier alpha value is -2.20. The van der Waals surface area contributed by atoms with Gasteiger partial charge in [-0.3, -0.25) is 4.79 Å². The highest BCUT2D eigenvalue weighted by atomic mass is 35.5. The summed E-state index contributed by atoms with van der Waals surface area (Å²) in [5.41, 5.74) is 1.03. The lowest BCUT2D eigenvalue weighted by Gasteiger charge is -2.23. The molecular formula is C20H24ClNO3. The summed E-state index contributed by atoms with van der Waals surface area (Å²) in [5, 5.41) is 3.56. The zero-order chi connectivity index (χ0) is 18.2. The summed E-state index contributed by atoms with van der Waals surface area (Å²) in [6, 6.07) is 14.8. The van der Waals surface area contributed by atoms with Gasteiger partial charge in [0.25, 0.3) is 5.91 Å². The summed E-state index contributed by atoms with van der Waals surface area (Å²) in [4.78, 5) is 12.7. The van der Waals surface area contributed by atoms with Crippen LogP contribution in [0.4, 0.5) is 0 Å². The summed E-state index contributed by atoms with van der Waals surface area (Å²) >= 11 is 6.12. The Morgan fingerprint density at radius 1 is 1.08 bits per heavy atom. The molecule has 0 aromatic heterocycles. The van der Waals surface area contributed by atoms with E-state index in [9.17, 15) is 4.79 Å². The number of nitrogens with one attached hydrogen (secondary N) is 1. The first-order valence-corrected chi connectivity index (χ1v) is 8.82. The molecular weight excluding hydrogens is 338 g/mol. The fourth-order valence-corrected chi connectivity index (χ4v) is 2.72. The van der Waals surface area contributed by atoms with Crippen LogP contribution in [0.15, 0.2) is 48.5 Å². The van der Waals surface area contributed by atoms with Crippen molar-refractivity contribution in [3.8, 4) is 11.5 Å². The van der Waals surface area contributed by atoms with E-state index in [0.29, 0.717) is 17.2 Å². The van der Waals surface area contributed by atoms with Crippen LogP contribution < -0.4 is 14.8 Å². The van der Waals surface area contributed by atoms with Gasteiger partial charge >= 0.3 is 0 Å². The highest BCUT2D eigenvalue weighted by Gasteiger charge is 2.22. The van der Waals surface area contributed by atoms with Crippen molar-refractivity contribution in [2.75, 3.05) is 7.11 Å². The van der Waals surface area contributed by atoms with Crippen molar-refractivity contribution in [1.29, 1.82) is 0 Å². The second-order valence-corrected chi connectivity index (χ2v) is 6.09. The number of para-hydroxylation sites is 1. The third-order valence-electron chi connectivity index (χ3n) is 4.01. The third-order valence-corrected chi connectivity index (χ3v) is 4.32. The van der Waals surface area contributed by atoms with Crippen molar-refractivity contribution in [3.63, 3.8) is 0 Å². The molecule has 2 atom stereocenters. The maximum absolute atomic E-state index is 12.7. The van der Waals surface area contributed by atoms with Gasteiger partial charge in [-0.05, 0) is 42.7 Å². The monoisotopic (exact) mass is 361 g/mol. The number of hydrogen-bond donors (Lipinski definition) is 1. The van der Waals surface area contributed by atoms with Gasteiger partial charge in [0, 0.05) is 0 Å². The average Bonchev–Trinajstić information content (AvgIpc) is 2.65. The fraction of sp³-hybridized carbons (Fsp3) is 0.350. The minimum absolute atomic E-state index is 0.0812. The minimum Gasteiger partial charge on any atom is -0.497 e. The van der Waals surface area contributed by atoms with Crippen LogP contribution in [0.3, 0.4) is 0 Å². The second kappa shape index (κ2) is 9.33. The molecule has 2 aromatic rings. The maximum atomic E-state index is 12.7. The molecule has 0 unspecified atom stereocenters. The molecule has 0 saturated heterocycles. The predicted molar refractivity (Wildman–Crippen MR) is 100 cm³/mol. The van der Waals surface area contributed by atoms with E-state index in [0.717, 1.165) is 17.7 Å². The summed E-state index contributed by atoms with van der Waals surface area (Å²) in [7, 11) is 1.63. The van der Waals surface area contributed by atoms with Crippen LogP contribution in [0.5, 0.6) is 11.5 Å². The molecule has 0 fully saturated rings. The van der Waals surface area contributed by atoms with Gasteiger partial charge in [-0.2, -0.15) is 0 Å². The molecule has 2 rings (SSSR count). The maximum Gasteiger partial charge on any atom is 0.261 e. The molecule has 0 spiro atoms. The van der Waals surface area contributed by atoms with E-state index >= 15 is 0 Å². The van der Waals surface area contributed by atoms with Crippen LogP contribution in [-0.2, 0) is 4.79 Å². The third kappa shape index (κ3) is 5.13. The van der Waals surface area contributed by atoms with E-state index in [1.807, 2.05) is 50.2 Å². The number of halogens is 1. The Bertz CT molecular complexity index is 688. The van der Waals surface area contributed by atoms with Crippen LogP contribution in [0, 0.1) is 0 Å². The van der Waals surface area contributed by atoms with Crippen LogP contribution in [-0.4, -0.2) is 19.1 Å². The molecule has 25 heavy (non-hydrogen) atoms. The van der Waals surface area contributed by atoms with E-state index < -0.39 is 6.10 Å². The SMILES string of the molecule is CC[C@H](NC(=O)[C@@H](CC)Oc1ccccc1Cl)c1ccc(OC)cc1. The topological polar surface area (TPSA) is 47.6 Å². The Kier molecular flexibility index (Phi) is 7.14. The van der Waals surface area contributed by atoms with Crippen molar-refractivity contribution in [2.24, 2.45) is 0 Å². The molecule has 4 nitrogen and oxygen atoms in total. The summed E-state index contributed by atoms with van der Waals surface area (Å²) in [6.07, 6.45) is 0.740. The molecule has 0 aliphatic carbocycles. The van der Waals surface area contributed by atoms with E-state index in [1.54, 1.807) is 19.2 Å². The minimum atomic E-state index is -0.591. The number of carbonyl (C=O) groups is 1. The molecule has 0 aliphatic rings. The fourth-order valence-electron chi connectivity index (χ4n) is 2.54. The smallest absolute Gasteiger partial charge is 0.261 e. The van der Waals surface area contributed by atoms with E-state index in [2.05, 4.69) is 5.32 Å². The second-order valence-electron chi connectivity index (χ2n) is 5.69. The highest BCUT2D eigenvalue weighted by Crippen LogP contribution is 2.25. The van der Waals surface area contributed by atoms with Crippen LogP contribution in [0.1, 0.15) is 38.3 Å². The van der Waals surface area contributed by atoms with Gasteiger partial charge in [0.1, 0.15) is 11.5 Å². The lowest BCUT2D eigenvalue weighted by Crippen LogP contribution is -2.40. The van der Waals surface area contributed by atoms with E-state index in [-0.39, 0.29) is 11.9 Å². The number of rotatable bonds is 8. The Morgan fingerprint density at radius 2 is 1.76 bits per heavy atom. The van der Waals surface area contributed by atoms with Crippen molar-refractivity contribution >= 4 is 17.5 Å². The lowest BCUT2D eigenvalue weighted by molar-refractivity contribution is -0.128. The molecule has 2 aromatic carbocycles. The molecule has 5 heteroatoms. The van der Waals surface area contributed by atoms with Gasteiger partial charge in [0.2, 0.25) is 0 Å². The number of hydrogen-bond acceptors (Lipinski definition) is 3. The van der Waals surface area contributed by atoms with Crippen LogP contribution in [0.2, 0.25) is 5.02 Å². The standard InChI is InChI=1S/C20H24ClNO3/c1-4-17(14-10-12-15(24-3)13-11-14)22-20(23)18(5-2)25-19-9-7-6-8-16(19)21/h6-13,17-18H,4-5H2,1-3H3,(H,22,23)/t17-,18+/m0/s1. The number of carbonyl (C=O) groups excluding carboxylic acids is 1. The predicted octanol–water partition coefficient (Wildman–Crippen LogP) is 4.77. The van der Waals surface area contributed by atoms with Gasteiger partial charge in [-0.1, -0.05) is 49.7 Å². The number of benzene rings is 2. The normalized spacial score (nSPS) is 13.0. The molecule has 0 saturated carbocycles. The number of amides is 1. The number of methoxy groups -OCH3 is 1. The van der Waals surface area contributed by atoms with Crippen molar-refractivity contribution in [2.45, 2.75) is 38.8 Å². The summed E-state index contributed by atoms with van der Waals surface area (Å²) in [5.74, 6) is 1.16. The molecule has 134 valence electrons. The van der Waals surface area contributed by atoms with E-state index in [4.69, 9.17) is 21.1 Å². The van der Waals surface area contributed by atoms with Gasteiger partial charge in [-0.25, -0.2) is 0 Å². The molecule has 0 heterocycles. The molecule has 1 N–H and O–H groups in total. The van der Waals surface area contributed by atoms with Crippen LogP contribution >= 0.6 is 11.6 Å². The van der Waals surface area contributed by atoms with E-state index in [1.165, 1.54) is 0 Å². The highest BCUT2D eigenvalue weighted by molar-refractivity contribution is 6.32. The summed E-state index contributed by atoms with van der Waals surface area (Å²) < 4.78 is 11.0. The van der Waals surface area contributed by atoms with Crippen LogP contribution in [0.25, 0.3) is 0 Å². The van der Waals surface area contributed by atoms with Gasteiger partial charge in [-0.15, -0.1) is 0 Å². The summed E-state index contributed by atoms with van der Waals surface area (Å²) in [6.45, 7) is 3.94.